The molecule has 0 aromatic heterocycles. The van der Waals surface area contributed by atoms with E-state index in [4.69, 9.17) is 4.74 Å². The Labute approximate surface area is 112 Å². The fourth-order valence-corrected chi connectivity index (χ4v) is 3.06. The number of hydrogen-bond donors (Lipinski definition) is 0. The van der Waals surface area contributed by atoms with Crippen molar-refractivity contribution >= 4 is 34.4 Å². The van der Waals surface area contributed by atoms with E-state index in [1.807, 2.05) is 18.2 Å². The van der Waals surface area contributed by atoms with Gasteiger partial charge in [0, 0.05) is 4.43 Å². The van der Waals surface area contributed by atoms with Crippen LogP contribution in [-0.2, 0) is 4.43 Å². The standard InChI is InChI=1S/C13H9IOS/c14-8-9-5-6-13-11(7-9)15-10-3-1-2-4-12(10)16-13/h1-7H,8H2. The van der Waals surface area contributed by atoms with E-state index in [-0.39, 0.29) is 0 Å². The van der Waals surface area contributed by atoms with Crippen LogP contribution in [0.3, 0.4) is 0 Å². The van der Waals surface area contributed by atoms with E-state index < -0.39 is 0 Å². The van der Waals surface area contributed by atoms with E-state index in [1.54, 1.807) is 11.8 Å². The summed E-state index contributed by atoms with van der Waals surface area (Å²) in [7, 11) is 0. The highest BCUT2D eigenvalue weighted by molar-refractivity contribution is 14.1. The molecule has 0 spiro atoms. The van der Waals surface area contributed by atoms with Gasteiger partial charge in [0.15, 0.2) is 0 Å². The summed E-state index contributed by atoms with van der Waals surface area (Å²) in [6.07, 6.45) is 0. The maximum Gasteiger partial charge on any atom is 0.141 e. The predicted octanol–water partition coefficient (Wildman–Crippen LogP) is 4.88. The number of fused-ring (bicyclic) bond motifs is 2. The lowest BCUT2D eigenvalue weighted by Crippen LogP contribution is -1.95. The number of para-hydroxylation sites is 1. The third kappa shape index (κ3) is 1.82. The van der Waals surface area contributed by atoms with Crippen molar-refractivity contribution in [2.75, 3.05) is 0 Å². The first-order valence-electron chi connectivity index (χ1n) is 5.00. The van der Waals surface area contributed by atoms with Crippen molar-refractivity contribution in [3.8, 4) is 11.5 Å². The second-order valence-corrected chi connectivity index (χ2v) is 5.41. The average molecular weight is 340 g/mol. The van der Waals surface area contributed by atoms with Gasteiger partial charge in [-0.15, -0.1) is 0 Å². The van der Waals surface area contributed by atoms with Gasteiger partial charge in [0.2, 0.25) is 0 Å². The second-order valence-electron chi connectivity index (χ2n) is 3.57. The van der Waals surface area contributed by atoms with Gasteiger partial charge in [-0.2, -0.15) is 0 Å². The van der Waals surface area contributed by atoms with E-state index in [0.29, 0.717) is 0 Å². The molecule has 0 atom stereocenters. The van der Waals surface area contributed by atoms with Crippen molar-refractivity contribution in [3.05, 3.63) is 48.0 Å². The van der Waals surface area contributed by atoms with Crippen LogP contribution in [0.5, 0.6) is 11.5 Å². The summed E-state index contributed by atoms with van der Waals surface area (Å²) in [6, 6.07) is 14.6. The topological polar surface area (TPSA) is 9.23 Å². The first kappa shape index (κ1) is 10.5. The van der Waals surface area contributed by atoms with Crippen LogP contribution in [-0.4, -0.2) is 0 Å². The zero-order valence-electron chi connectivity index (χ0n) is 8.44. The van der Waals surface area contributed by atoms with Crippen molar-refractivity contribution < 1.29 is 4.74 Å². The van der Waals surface area contributed by atoms with Crippen molar-refractivity contribution in [2.45, 2.75) is 14.2 Å². The lowest BCUT2D eigenvalue weighted by Gasteiger charge is -2.19. The molecule has 2 aromatic carbocycles. The van der Waals surface area contributed by atoms with Crippen LogP contribution < -0.4 is 4.74 Å². The molecule has 0 bridgehead atoms. The van der Waals surface area contributed by atoms with Crippen molar-refractivity contribution in [3.63, 3.8) is 0 Å². The number of alkyl halides is 1. The van der Waals surface area contributed by atoms with E-state index in [2.05, 4.69) is 46.9 Å². The van der Waals surface area contributed by atoms with Gasteiger partial charge in [0.25, 0.3) is 0 Å². The molecule has 0 amide bonds. The third-order valence-corrected chi connectivity index (χ3v) is 4.45. The molecule has 80 valence electrons. The first-order chi connectivity index (χ1) is 7.86. The number of benzene rings is 2. The van der Waals surface area contributed by atoms with Crippen LogP contribution in [0.25, 0.3) is 0 Å². The van der Waals surface area contributed by atoms with E-state index >= 15 is 0 Å². The highest BCUT2D eigenvalue weighted by atomic mass is 127. The Morgan fingerprint density at radius 2 is 1.81 bits per heavy atom. The Hall–Kier alpha value is -0.680. The summed E-state index contributed by atoms with van der Waals surface area (Å²) in [6.45, 7) is 0. The third-order valence-electron chi connectivity index (χ3n) is 2.45. The van der Waals surface area contributed by atoms with Gasteiger partial charge in [-0.3, -0.25) is 0 Å². The second kappa shape index (κ2) is 4.30. The van der Waals surface area contributed by atoms with Gasteiger partial charge in [-0.25, -0.2) is 0 Å². The number of rotatable bonds is 1. The van der Waals surface area contributed by atoms with Crippen LogP contribution in [0.2, 0.25) is 0 Å². The van der Waals surface area contributed by atoms with Crippen LogP contribution >= 0.6 is 34.4 Å². The zero-order chi connectivity index (χ0) is 11.0. The molecular weight excluding hydrogens is 331 g/mol. The lowest BCUT2D eigenvalue weighted by atomic mass is 10.2. The van der Waals surface area contributed by atoms with E-state index in [9.17, 15) is 0 Å². The summed E-state index contributed by atoms with van der Waals surface area (Å²) in [5.74, 6) is 1.95. The summed E-state index contributed by atoms with van der Waals surface area (Å²) in [5, 5.41) is 0. The largest absolute Gasteiger partial charge is 0.455 e. The highest BCUT2D eigenvalue weighted by Crippen LogP contribution is 2.46. The lowest BCUT2D eigenvalue weighted by molar-refractivity contribution is 0.454. The van der Waals surface area contributed by atoms with E-state index in [1.165, 1.54) is 15.4 Å². The molecule has 1 aliphatic heterocycles. The number of halogens is 1. The minimum absolute atomic E-state index is 0.964. The van der Waals surface area contributed by atoms with E-state index in [0.717, 1.165) is 15.9 Å². The first-order valence-corrected chi connectivity index (χ1v) is 7.34. The van der Waals surface area contributed by atoms with Gasteiger partial charge in [0.05, 0.1) is 9.79 Å². The van der Waals surface area contributed by atoms with Crippen LogP contribution in [0.1, 0.15) is 5.56 Å². The molecule has 0 saturated heterocycles. The molecule has 0 radical (unpaired) electrons. The molecule has 0 fully saturated rings. The molecule has 2 aromatic rings. The zero-order valence-corrected chi connectivity index (χ0v) is 11.4. The maximum atomic E-state index is 5.90. The number of ether oxygens (including phenoxy) is 1. The Kier molecular flexibility index (Phi) is 2.81. The molecule has 3 rings (SSSR count). The van der Waals surface area contributed by atoms with Crippen molar-refractivity contribution in [1.29, 1.82) is 0 Å². The monoisotopic (exact) mass is 340 g/mol. The number of hydrogen-bond acceptors (Lipinski definition) is 2. The van der Waals surface area contributed by atoms with Crippen LogP contribution in [0.4, 0.5) is 0 Å². The molecule has 0 aliphatic carbocycles. The molecule has 1 nitrogen and oxygen atoms in total. The van der Waals surface area contributed by atoms with Gasteiger partial charge in [0.1, 0.15) is 11.5 Å². The Balaban J connectivity index is 2.05. The molecule has 0 N–H and O–H groups in total. The van der Waals surface area contributed by atoms with Gasteiger partial charge < -0.3 is 4.74 Å². The SMILES string of the molecule is ICc1ccc2c(c1)Oc1ccccc1S2. The smallest absolute Gasteiger partial charge is 0.141 e. The Morgan fingerprint density at radius 3 is 2.69 bits per heavy atom. The highest BCUT2D eigenvalue weighted by Gasteiger charge is 2.16. The Morgan fingerprint density at radius 1 is 1.00 bits per heavy atom. The molecule has 0 unspecified atom stereocenters. The molecule has 1 aliphatic rings. The maximum absolute atomic E-state index is 5.90. The summed E-state index contributed by atoms with van der Waals surface area (Å²) < 4.78 is 6.91. The quantitative estimate of drug-likeness (QED) is 0.461. The summed E-state index contributed by atoms with van der Waals surface area (Å²) in [4.78, 5) is 2.39. The molecule has 16 heavy (non-hydrogen) atoms. The average Bonchev–Trinajstić information content (AvgIpc) is 2.35. The molecule has 1 heterocycles. The molecule has 3 heteroatoms. The minimum Gasteiger partial charge on any atom is -0.455 e. The predicted molar refractivity (Wildman–Crippen MR) is 74.8 cm³/mol. The van der Waals surface area contributed by atoms with Gasteiger partial charge in [-0.05, 0) is 29.8 Å². The fraction of sp³-hybridized carbons (Fsp3) is 0.0769. The normalized spacial score (nSPS) is 12.6. The van der Waals surface area contributed by atoms with Crippen LogP contribution in [0.15, 0.2) is 52.3 Å². The summed E-state index contributed by atoms with van der Waals surface area (Å²) >= 11 is 4.14. The van der Waals surface area contributed by atoms with Gasteiger partial charge >= 0.3 is 0 Å². The minimum atomic E-state index is 0.964. The molecule has 0 saturated carbocycles. The van der Waals surface area contributed by atoms with Crippen molar-refractivity contribution in [2.24, 2.45) is 0 Å². The fourth-order valence-electron chi connectivity index (χ4n) is 1.66. The van der Waals surface area contributed by atoms with Crippen LogP contribution in [0, 0.1) is 0 Å². The van der Waals surface area contributed by atoms with Gasteiger partial charge in [-0.1, -0.05) is 52.6 Å². The summed E-state index contributed by atoms with van der Waals surface area (Å²) in [5.41, 5.74) is 1.30. The van der Waals surface area contributed by atoms with Crippen molar-refractivity contribution in [1.82, 2.24) is 0 Å². The Bertz CT molecular complexity index is 539. The molecular formula is C13H9IOS.